The van der Waals surface area contributed by atoms with Gasteiger partial charge in [0.2, 0.25) is 0 Å². The fourth-order valence-corrected chi connectivity index (χ4v) is 3.70. The molecule has 0 bridgehead atoms. The number of carbonyl (C=O) groups excluding carboxylic acids is 2. The van der Waals surface area contributed by atoms with Gasteiger partial charge in [-0.05, 0) is 24.3 Å². The van der Waals surface area contributed by atoms with Gasteiger partial charge in [-0.1, -0.05) is 41.4 Å². The molecule has 3 aromatic rings. The molecule has 132 valence electrons. The molecule has 0 aliphatic carbocycles. The van der Waals surface area contributed by atoms with Crippen LogP contribution in [-0.4, -0.2) is 23.5 Å². The number of rotatable bonds is 5. The van der Waals surface area contributed by atoms with Gasteiger partial charge in [0.1, 0.15) is 0 Å². The van der Waals surface area contributed by atoms with Crippen molar-refractivity contribution in [1.29, 1.82) is 0 Å². The average molecular weight is 407 g/mol. The van der Waals surface area contributed by atoms with Gasteiger partial charge in [-0.3, -0.25) is 4.79 Å². The second kappa shape index (κ2) is 8.31. The zero-order chi connectivity index (χ0) is 18.5. The summed E-state index contributed by atoms with van der Waals surface area (Å²) in [6.07, 6.45) is 4.31. The number of aromatic nitrogens is 1. The zero-order valence-electron chi connectivity index (χ0n) is 13.2. The van der Waals surface area contributed by atoms with E-state index in [1.165, 1.54) is 23.6 Å². The molecule has 1 aromatic carbocycles. The van der Waals surface area contributed by atoms with Crippen LogP contribution in [0.15, 0.2) is 48.7 Å². The van der Waals surface area contributed by atoms with Crippen LogP contribution < -0.4 is 5.32 Å². The van der Waals surface area contributed by atoms with Crippen LogP contribution in [0.1, 0.15) is 4.88 Å². The molecular weight excluding hydrogens is 395 g/mol. The maximum atomic E-state index is 11.8. The average Bonchev–Trinajstić information content (AvgIpc) is 2.96. The summed E-state index contributed by atoms with van der Waals surface area (Å²) in [5.74, 6) is -1.16. The van der Waals surface area contributed by atoms with Crippen molar-refractivity contribution in [3.63, 3.8) is 0 Å². The second-order valence-corrected chi connectivity index (χ2v) is 6.93. The largest absolute Gasteiger partial charge is 0.452 e. The van der Waals surface area contributed by atoms with Gasteiger partial charge in [-0.2, -0.15) is 0 Å². The van der Waals surface area contributed by atoms with Gasteiger partial charge in [0.05, 0.1) is 10.7 Å². The first-order valence-corrected chi connectivity index (χ1v) is 9.04. The van der Waals surface area contributed by atoms with Crippen LogP contribution in [0.25, 0.3) is 16.2 Å². The minimum absolute atomic E-state index is 0.159. The summed E-state index contributed by atoms with van der Waals surface area (Å²) < 4.78 is 5.94. The first-order chi connectivity index (χ1) is 12.5. The molecule has 0 unspecified atom stereocenters. The van der Waals surface area contributed by atoms with Crippen molar-refractivity contribution in [2.45, 2.75) is 0 Å². The van der Waals surface area contributed by atoms with E-state index in [1.54, 1.807) is 18.2 Å². The molecule has 0 atom stereocenters. The predicted octanol–water partition coefficient (Wildman–Crippen LogP) is 4.80. The molecule has 0 saturated carbocycles. The Morgan fingerprint density at radius 1 is 1.19 bits per heavy atom. The molecule has 0 fully saturated rings. The van der Waals surface area contributed by atoms with E-state index in [0.29, 0.717) is 10.7 Å². The molecular formula is C18H12Cl2N2O3S. The number of pyridine rings is 1. The van der Waals surface area contributed by atoms with E-state index in [4.69, 9.17) is 27.9 Å². The third-order valence-electron chi connectivity index (χ3n) is 3.31. The third-order valence-corrected chi connectivity index (χ3v) is 5.27. The minimum Gasteiger partial charge on any atom is -0.452 e. The van der Waals surface area contributed by atoms with Crippen molar-refractivity contribution >= 4 is 68.3 Å². The number of nitrogens with one attached hydrogen (secondary N) is 1. The Morgan fingerprint density at radius 3 is 2.77 bits per heavy atom. The van der Waals surface area contributed by atoms with Crippen molar-refractivity contribution < 1.29 is 14.3 Å². The van der Waals surface area contributed by atoms with E-state index in [0.717, 1.165) is 15.0 Å². The molecule has 0 aliphatic heterocycles. The van der Waals surface area contributed by atoms with Crippen LogP contribution in [0.5, 0.6) is 0 Å². The summed E-state index contributed by atoms with van der Waals surface area (Å²) >= 11 is 13.6. The lowest BCUT2D eigenvalue weighted by atomic mass is 10.2. The normalized spacial score (nSPS) is 11.0. The number of amides is 1. The fourth-order valence-electron chi connectivity index (χ4n) is 2.13. The minimum atomic E-state index is -0.647. The van der Waals surface area contributed by atoms with Crippen molar-refractivity contribution in [3.8, 4) is 0 Å². The molecule has 1 N–H and O–H groups in total. The lowest BCUT2D eigenvalue weighted by Gasteiger charge is -2.06. The SMILES string of the molecule is O=C(COC(=O)C=Cc1sc2ccccc2c1Cl)Nc1cccnc1Cl. The van der Waals surface area contributed by atoms with E-state index in [9.17, 15) is 9.59 Å². The van der Waals surface area contributed by atoms with E-state index in [1.807, 2.05) is 24.3 Å². The van der Waals surface area contributed by atoms with Crippen LogP contribution in [0.2, 0.25) is 10.2 Å². The maximum Gasteiger partial charge on any atom is 0.331 e. The number of anilines is 1. The first kappa shape index (κ1) is 18.4. The maximum absolute atomic E-state index is 11.8. The summed E-state index contributed by atoms with van der Waals surface area (Å²) in [6.45, 7) is -0.436. The quantitative estimate of drug-likeness (QED) is 0.375. The highest BCUT2D eigenvalue weighted by Gasteiger charge is 2.10. The lowest BCUT2D eigenvalue weighted by Crippen LogP contribution is -2.20. The molecule has 1 amide bonds. The highest BCUT2D eigenvalue weighted by atomic mass is 35.5. The van der Waals surface area contributed by atoms with E-state index in [2.05, 4.69) is 10.3 Å². The number of nitrogens with zero attached hydrogens (tertiary/aromatic N) is 1. The van der Waals surface area contributed by atoms with Crippen LogP contribution in [0.3, 0.4) is 0 Å². The van der Waals surface area contributed by atoms with E-state index < -0.39 is 18.5 Å². The first-order valence-electron chi connectivity index (χ1n) is 7.47. The van der Waals surface area contributed by atoms with Crippen molar-refractivity contribution in [3.05, 3.63) is 63.7 Å². The number of thiophene rings is 1. The monoisotopic (exact) mass is 406 g/mol. The second-order valence-electron chi connectivity index (χ2n) is 5.11. The Labute approximate surface area is 163 Å². The van der Waals surface area contributed by atoms with Gasteiger partial charge in [0, 0.05) is 27.2 Å². The third kappa shape index (κ3) is 4.40. The molecule has 2 heterocycles. The molecule has 2 aromatic heterocycles. The molecule has 8 heteroatoms. The van der Waals surface area contributed by atoms with Crippen LogP contribution in [0.4, 0.5) is 5.69 Å². The van der Waals surface area contributed by atoms with Crippen LogP contribution in [0, 0.1) is 0 Å². The molecule has 26 heavy (non-hydrogen) atoms. The number of halogens is 2. The Morgan fingerprint density at radius 2 is 2.00 bits per heavy atom. The Balaban J connectivity index is 1.56. The summed E-state index contributed by atoms with van der Waals surface area (Å²) in [7, 11) is 0. The van der Waals surface area contributed by atoms with Crippen molar-refractivity contribution in [2.75, 3.05) is 11.9 Å². The van der Waals surface area contributed by atoms with Gasteiger partial charge in [0.25, 0.3) is 5.91 Å². The van der Waals surface area contributed by atoms with Crippen molar-refractivity contribution in [1.82, 2.24) is 4.98 Å². The van der Waals surface area contributed by atoms with Gasteiger partial charge in [-0.15, -0.1) is 11.3 Å². The Bertz CT molecular complexity index is 1000. The summed E-state index contributed by atoms with van der Waals surface area (Å²) in [6, 6.07) is 10.9. The Hall–Kier alpha value is -2.41. The number of carbonyl (C=O) groups is 2. The molecule has 0 radical (unpaired) electrons. The lowest BCUT2D eigenvalue weighted by molar-refractivity contribution is -0.142. The molecule has 5 nitrogen and oxygen atoms in total. The topological polar surface area (TPSA) is 68.3 Å². The molecule has 0 saturated heterocycles. The van der Waals surface area contributed by atoms with Crippen LogP contribution >= 0.6 is 34.5 Å². The fraction of sp³-hybridized carbons (Fsp3) is 0.0556. The zero-order valence-corrected chi connectivity index (χ0v) is 15.6. The summed E-state index contributed by atoms with van der Waals surface area (Å²) in [4.78, 5) is 28.2. The number of fused-ring (bicyclic) bond motifs is 1. The molecule has 3 rings (SSSR count). The highest BCUT2D eigenvalue weighted by Crippen LogP contribution is 2.35. The van der Waals surface area contributed by atoms with Gasteiger partial charge in [-0.25, -0.2) is 9.78 Å². The van der Waals surface area contributed by atoms with Gasteiger partial charge >= 0.3 is 5.97 Å². The predicted molar refractivity (Wildman–Crippen MR) is 105 cm³/mol. The number of hydrogen-bond donors (Lipinski definition) is 1. The molecule has 0 aliphatic rings. The Kier molecular flexibility index (Phi) is 5.88. The summed E-state index contributed by atoms with van der Waals surface area (Å²) in [5.41, 5.74) is 0.350. The number of ether oxygens (including phenoxy) is 1. The number of hydrogen-bond acceptors (Lipinski definition) is 5. The van der Waals surface area contributed by atoms with Crippen molar-refractivity contribution in [2.24, 2.45) is 0 Å². The molecule has 0 spiro atoms. The number of esters is 1. The van der Waals surface area contributed by atoms with Gasteiger partial charge < -0.3 is 10.1 Å². The van der Waals surface area contributed by atoms with E-state index in [-0.39, 0.29) is 5.15 Å². The highest BCUT2D eigenvalue weighted by molar-refractivity contribution is 7.20. The van der Waals surface area contributed by atoms with Crippen LogP contribution in [-0.2, 0) is 14.3 Å². The summed E-state index contributed by atoms with van der Waals surface area (Å²) in [5, 5.41) is 4.18. The standard InChI is InChI=1S/C18H12Cl2N2O3S/c19-17-11-4-1-2-6-13(11)26-14(17)7-8-16(24)25-10-15(23)22-12-5-3-9-21-18(12)20/h1-9H,10H2,(H,22,23). The number of benzene rings is 1. The smallest absolute Gasteiger partial charge is 0.331 e. The van der Waals surface area contributed by atoms with E-state index >= 15 is 0 Å². The van der Waals surface area contributed by atoms with Gasteiger partial charge in [0.15, 0.2) is 11.8 Å².